The second-order valence-electron chi connectivity index (χ2n) is 2.77. The molecule has 1 aliphatic rings. The molecule has 0 radical (unpaired) electrons. The summed E-state index contributed by atoms with van der Waals surface area (Å²) in [4.78, 5) is 27.3. The molecule has 1 saturated heterocycles. The van der Waals surface area contributed by atoms with Crippen molar-refractivity contribution in [1.82, 2.24) is 15.3 Å². The van der Waals surface area contributed by atoms with Crippen molar-refractivity contribution in [3.63, 3.8) is 0 Å². The molecule has 0 saturated carbocycles. The Labute approximate surface area is 77.0 Å². The molecule has 0 unspecified atom stereocenters. The van der Waals surface area contributed by atoms with Crippen molar-refractivity contribution in [3.05, 3.63) is 0 Å². The molecule has 0 aromatic rings. The van der Waals surface area contributed by atoms with Crippen LogP contribution in [-0.2, 0) is 4.79 Å². The van der Waals surface area contributed by atoms with Crippen molar-refractivity contribution in [2.45, 2.75) is 0 Å². The first kappa shape index (κ1) is 9.69. The van der Waals surface area contributed by atoms with Gasteiger partial charge < -0.3 is 0 Å². The van der Waals surface area contributed by atoms with Crippen molar-refractivity contribution in [2.24, 2.45) is 4.90 Å². The molecule has 0 aromatic carbocycles. The summed E-state index contributed by atoms with van der Waals surface area (Å²) in [5.41, 5.74) is 2.43. The van der Waals surface area contributed by atoms with Crippen molar-refractivity contribution in [1.29, 1.82) is 0 Å². The minimum absolute atomic E-state index is 0.00396. The van der Waals surface area contributed by atoms with Gasteiger partial charge in [-0.05, 0) is 0 Å². The van der Waals surface area contributed by atoms with Gasteiger partial charge in [-0.3, -0.25) is 0 Å². The summed E-state index contributed by atoms with van der Waals surface area (Å²) in [6.45, 7) is 1.02. The molecule has 0 aliphatic carbocycles. The molecule has 1 rings (SSSR count). The van der Waals surface area contributed by atoms with Gasteiger partial charge in [0.2, 0.25) is 0 Å². The number of rotatable bonds is 2. The maximum absolute atomic E-state index is 11.2. The van der Waals surface area contributed by atoms with Crippen LogP contribution in [0.25, 0.3) is 0 Å². The van der Waals surface area contributed by atoms with Crippen LogP contribution >= 0.6 is 0 Å². The first-order chi connectivity index (χ1) is 6.15. The van der Waals surface area contributed by atoms with Crippen LogP contribution in [0.2, 0.25) is 0 Å². The van der Waals surface area contributed by atoms with Crippen LogP contribution in [0.3, 0.4) is 0 Å². The summed E-state index contributed by atoms with van der Waals surface area (Å²) in [5.74, 6) is -0.239. The third-order valence-electron chi connectivity index (χ3n) is 1.78. The van der Waals surface area contributed by atoms with Crippen LogP contribution < -0.4 is 5.43 Å². The van der Waals surface area contributed by atoms with Crippen molar-refractivity contribution in [2.75, 3.05) is 26.7 Å². The van der Waals surface area contributed by atoms with Gasteiger partial charge in [-0.25, -0.2) is 0 Å². The van der Waals surface area contributed by atoms with E-state index in [1.54, 1.807) is 7.05 Å². The summed E-state index contributed by atoms with van der Waals surface area (Å²) >= 11 is 0. The van der Waals surface area contributed by atoms with Crippen LogP contribution in [-0.4, -0.2) is 56.2 Å². The fourth-order valence-electron chi connectivity index (χ4n) is 0.976. The number of nitrogens with one attached hydrogen (secondary N) is 1. The molecule has 3 amide bonds. The Morgan fingerprint density at radius 2 is 2.38 bits per heavy atom. The summed E-state index contributed by atoms with van der Waals surface area (Å²) in [7, 11) is 4.88. The second-order valence-corrected chi connectivity index (χ2v) is 2.77. The van der Waals surface area contributed by atoms with Crippen molar-refractivity contribution >= 4 is 19.6 Å². The molecular formula is C6H11BN4O2. The fraction of sp³-hybridized carbons (Fsp3) is 0.667. The van der Waals surface area contributed by atoms with Crippen LogP contribution in [0.1, 0.15) is 0 Å². The Hall–Kier alpha value is -1.40. The van der Waals surface area contributed by atoms with Crippen LogP contribution in [0, 0.1) is 0 Å². The van der Waals surface area contributed by atoms with Gasteiger partial charge in [0.25, 0.3) is 0 Å². The zero-order valence-corrected chi connectivity index (χ0v) is 7.49. The average Bonchev–Trinajstić information content (AvgIpc) is 2.10. The van der Waals surface area contributed by atoms with Gasteiger partial charge in [0, 0.05) is 0 Å². The van der Waals surface area contributed by atoms with E-state index in [4.69, 9.17) is 0 Å². The molecule has 0 spiro atoms. The van der Waals surface area contributed by atoms with E-state index in [1.165, 1.54) is 9.91 Å². The van der Waals surface area contributed by atoms with E-state index < -0.39 is 0 Å². The Morgan fingerprint density at radius 1 is 1.69 bits per heavy atom. The normalized spacial score (nSPS) is 16.8. The van der Waals surface area contributed by atoms with Crippen molar-refractivity contribution < 1.29 is 9.59 Å². The number of hydrogen-bond acceptors (Lipinski definition) is 3. The van der Waals surface area contributed by atoms with Gasteiger partial charge in [-0.1, -0.05) is 0 Å². The molecule has 1 N–H and O–H groups in total. The van der Waals surface area contributed by atoms with Gasteiger partial charge in [0.1, 0.15) is 0 Å². The summed E-state index contributed by atoms with van der Waals surface area (Å²) < 4.78 is 0. The SMILES string of the molecule is B=NCC(=O)N1CCN(C)C(=O)N1. The molecule has 0 atom stereocenters. The zero-order chi connectivity index (χ0) is 9.84. The Morgan fingerprint density at radius 3 is 2.92 bits per heavy atom. The van der Waals surface area contributed by atoms with E-state index in [0.29, 0.717) is 13.1 Å². The van der Waals surface area contributed by atoms with Gasteiger partial charge in [-0.2, -0.15) is 0 Å². The van der Waals surface area contributed by atoms with Crippen LogP contribution in [0.4, 0.5) is 4.79 Å². The van der Waals surface area contributed by atoms with Gasteiger partial charge >= 0.3 is 76.1 Å². The first-order valence-electron chi connectivity index (χ1n) is 3.89. The Balaban J connectivity index is 2.50. The molecule has 0 aromatic heterocycles. The monoisotopic (exact) mass is 182 g/mol. The molecule has 1 aliphatic heterocycles. The molecule has 70 valence electrons. The quantitative estimate of drug-likeness (QED) is 0.526. The first-order valence-corrected chi connectivity index (χ1v) is 3.89. The van der Waals surface area contributed by atoms with Crippen molar-refractivity contribution in [3.8, 4) is 0 Å². The van der Waals surface area contributed by atoms with E-state index in [0.717, 1.165) is 0 Å². The summed E-state index contributed by atoms with van der Waals surface area (Å²) in [6, 6.07) is -0.274. The maximum atomic E-state index is 11.2. The fourth-order valence-corrected chi connectivity index (χ4v) is 0.976. The Kier molecular flexibility index (Phi) is 3.00. The van der Waals surface area contributed by atoms with E-state index in [-0.39, 0.29) is 18.5 Å². The molecule has 1 fully saturated rings. The number of carbonyl (C=O) groups is 2. The topological polar surface area (TPSA) is 65.0 Å². The molecule has 13 heavy (non-hydrogen) atoms. The third-order valence-corrected chi connectivity index (χ3v) is 1.78. The van der Waals surface area contributed by atoms with E-state index in [2.05, 4.69) is 18.0 Å². The van der Waals surface area contributed by atoms with Gasteiger partial charge in [-0.15, -0.1) is 0 Å². The van der Waals surface area contributed by atoms with Gasteiger partial charge in [0.05, 0.1) is 0 Å². The summed E-state index contributed by atoms with van der Waals surface area (Å²) in [5, 5.41) is 1.26. The molecular weight excluding hydrogens is 171 g/mol. The number of amides is 3. The Bertz CT molecular complexity index is 245. The number of hydrogen-bond donors (Lipinski definition) is 1. The minimum atomic E-state index is -0.274. The summed E-state index contributed by atoms with van der Waals surface area (Å²) in [6.07, 6.45) is 0. The predicted molar refractivity (Wildman–Crippen MR) is 47.3 cm³/mol. The predicted octanol–water partition coefficient (Wildman–Crippen LogP) is -1.53. The molecule has 1 heterocycles. The second kappa shape index (κ2) is 4.02. The number of carbonyl (C=O) groups excluding carboxylic acids is 2. The van der Waals surface area contributed by atoms with Crippen LogP contribution in [0.15, 0.2) is 4.90 Å². The number of likely N-dealkylation sites (N-methyl/N-ethyl adjacent to an activating group) is 1. The zero-order valence-electron chi connectivity index (χ0n) is 7.49. The van der Waals surface area contributed by atoms with E-state index in [9.17, 15) is 9.59 Å². The molecule has 7 heteroatoms. The number of hydrazine groups is 1. The number of urea groups is 1. The standard InChI is InChI=1S/C6H11BN4O2/c1-10-2-3-11(9-6(10)13)5(12)4-8-7/h7H,2-4H2,1H3,(H,9,13). The van der Waals surface area contributed by atoms with E-state index in [1.807, 2.05) is 0 Å². The average molecular weight is 182 g/mol. The third kappa shape index (κ3) is 2.27. The number of nitrogens with zero attached hydrogens (tertiary/aromatic N) is 3. The van der Waals surface area contributed by atoms with Crippen LogP contribution in [0.5, 0.6) is 0 Å². The molecule has 6 nitrogen and oxygen atoms in total. The van der Waals surface area contributed by atoms with E-state index >= 15 is 0 Å². The van der Waals surface area contributed by atoms with Gasteiger partial charge in [0.15, 0.2) is 0 Å². The molecule has 0 bridgehead atoms.